The zero-order chi connectivity index (χ0) is 25.9. The quantitative estimate of drug-likeness (QED) is 0.102. The maximum absolute atomic E-state index is 11.3. The monoisotopic (exact) mass is 516 g/mol. The molecule has 0 aromatic carbocycles. The van der Waals surface area contributed by atoms with Crippen LogP contribution in [0.2, 0.25) is 51.4 Å². The smallest absolute Gasteiger partial charge is 0.330 e. The molecule has 0 rings (SSSR count). The van der Waals surface area contributed by atoms with Crippen molar-refractivity contribution in [1.82, 2.24) is 0 Å². The SMILES string of the molecule is C=CC(=O)OCCC[Si](C)(C)O[C@H](C)[Si](C)(C)OC(C)(CC)[Si](C)(C)CCCOC(=O)C=C. The summed E-state index contributed by atoms with van der Waals surface area (Å²) in [6.07, 6.45) is 4.96. The highest BCUT2D eigenvalue weighted by Gasteiger charge is 2.48. The fourth-order valence-corrected chi connectivity index (χ4v) is 13.8. The van der Waals surface area contributed by atoms with Crippen LogP contribution in [-0.4, -0.2) is 60.8 Å². The highest BCUT2D eigenvalue weighted by Crippen LogP contribution is 2.36. The average Bonchev–Trinajstić information content (AvgIpc) is 2.72. The zero-order valence-electron chi connectivity index (χ0n) is 22.5. The molecule has 0 fully saturated rings. The van der Waals surface area contributed by atoms with E-state index in [9.17, 15) is 9.59 Å². The number of carbonyl (C=O) groups is 2. The first-order valence-corrected chi connectivity index (χ1v) is 21.3. The van der Waals surface area contributed by atoms with Crippen LogP contribution in [0.15, 0.2) is 25.3 Å². The first kappa shape index (κ1) is 32.0. The van der Waals surface area contributed by atoms with Gasteiger partial charge >= 0.3 is 11.9 Å². The van der Waals surface area contributed by atoms with Gasteiger partial charge in [-0.25, -0.2) is 9.59 Å². The Morgan fingerprint density at radius 2 is 1.36 bits per heavy atom. The van der Waals surface area contributed by atoms with Crippen LogP contribution in [0.3, 0.4) is 0 Å². The van der Waals surface area contributed by atoms with Crippen molar-refractivity contribution in [2.75, 3.05) is 13.2 Å². The molecule has 0 aliphatic heterocycles. The lowest BCUT2D eigenvalue weighted by atomic mass is 10.3. The molecule has 0 aliphatic carbocycles. The van der Waals surface area contributed by atoms with E-state index in [2.05, 4.69) is 73.2 Å². The first-order chi connectivity index (χ1) is 15.1. The van der Waals surface area contributed by atoms with Crippen molar-refractivity contribution >= 4 is 36.6 Å². The maximum atomic E-state index is 11.3. The van der Waals surface area contributed by atoms with Crippen LogP contribution >= 0.6 is 0 Å². The summed E-state index contributed by atoms with van der Waals surface area (Å²) in [5.74, 6) is -0.746. The van der Waals surface area contributed by atoms with Gasteiger partial charge in [0.05, 0.1) is 27.0 Å². The number of esters is 2. The number of rotatable bonds is 17. The molecule has 0 aliphatic rings. The molecule has 6 nitrogen and oxygen atoms in total. The molecule has 0 aromatic rings. The molecule has 0 N–H and O–H groups in total. The highest BCUT2D eigenvalue weighted by molar-refractivity contribution is 6.82. The summed E-state index contributed by atoms with van der Waals surface area (Å²) in [6.45, 7) is 27.9. The molecular weight excluding hydrogens is 469 g/mol. The van der Waals surface area contributed by atoms with Gasteiger partial charge in [-0.2, -0.15) is 0 Å². The van der Waals surface area contributed by atoms with Crippen molar-refractivity contribution in [3.05, 3.63) is 25.3 Å². The Labute approximate surface area is 205 Å². The van der Waals surface area contributed by atoms with Gasteiger partial charge in [-0.05, 0) is 65.3 Å². The molecule has 192 valence electrons. The molecule has 0 radical (unpaired) electrons. The second kappa shape index (κ2) is 13.8. The van der Waals surface area contributed by atoms with E-state index >= 15 is 0 Å². The summed E-state index contributed by atoms with van der Waals surface area (Å²) in [5.41, 5.74) is 0.0547. The molecule has 33 heavy (non-hydrogen) atoms. The van der Waals surface area contributed by atoms with Gasteiger partial charge < -0.3 is 18.3 Å². The van der Waals surface area contributed by atoms with Crippen molar-refractivity contribution in [2.45, 2.75) is 102 Å². The van der Waals surface area contributed by atoms with Crippen LogP contribution < -0.4 is 0 Å². The predicted octanol–water partition coefficient (Wildman–Crippen LogP) is 6.01. The van der Waals surface area contributed by atoms with Gasteiger partial charge in [-0.15, -0.1) is 0 Å². The van der Waals surface area contributed by atoms with E-state index in [1.165, 1.54) is 12.2 Å². The van der Waals surface area contributed by atoms with Gasteiger partial charge in [0.25, 0.3) is 0 Å². The third kappa shape index (κ3) is 11.3. The van der Waals surface area contributed by atoms with Gasteiger partial charge in [0.1, 0.15) is 0 Å². The van der Waals surface area contributed by atoms with E-state index in [-0.39, 0.29) is 22.9 Å². The normalized spacial score (nSPS) is 15.3. The molecule has 0 aromatic heterocycles. The lowest BCUT2D eigenvalue weighted by Crippen LogP contribution is -2.62. The van der Waals surface area contributed by atoms with Crippen LogP contribution in [-0.2, 0) is 27.9 Å². The van der Waals surface area contributed by atoms with Crippen molar-refractivity contribution in [2.24, 2.45) is 0 Å². The molecule has 2 atom stereocenters. The first-order valence-electron chi connectivity index (χ1n) is 12.0. The summed E-state index contributed by atoms with van der Waals surface area (Å²) >= 11 is 0. The summed E-state index contributed by atoms with van der Waals surface area (Å²) in [4.78, 5) is 22.5. The molecule has 0 saturated carbocycles. The van der Waals surface area contributed by atoms with Crippen LogP contribution in [0, 0.1) is 0 Å². The average molecular weight is 517 g/mol. The molecule has 0 spiro atoms. The third-order valence-corrected chi connectivity index (χ3v) is 17.7. The maximum Gasteiger partial charge on any atom is 0.330 e. The topological polar surface area (TPSA) is 71.1 Å². The van der Waals surface area contributed by atoms with Crippen molar-refractivity contribution < 1.29 is 27.9 Å². The van der Waals surface area contributed by atoms with E-state index in [1.807, 2.05) is 0 Å². The number of hydrogen-bond donors (Lipinski definition) is 0. The minimum Gasteiger partial charge on any atom is -0.463 e. The predicted molar refractivity (Wildman–Crippen MR) is 144 cm³/mol. The molecule has 0 heterocycles. The Balaban J connectivity index is 5.02. The van der Waals surface area contributed by atoms with E-state index in [0.717, 1.165) is 31.4 Å². The van der Waals surface area contributed by atoms with Crippen LogP contribution in [0.4, 0.5) is 0 Å². The summed E-state index contributed by atoms with van der Waals surface area (Å²) in [7, 11) is -5.91. The lowest BCUT2D eigenvalue weighted by Gasteiger charge is -2.49. The van der Waals surface area contributed by atoms with Gasteiger partial charge in [0.2, 0.25) is 8.32 Å². The largest absolute Gasteiger partial charge is 0.463 e. The van der Waals surface area contributed by atoms with E-state index in [4.69, 9.17) is 18.3 Å². The lowest BCUT2D eigenvalue weighted by molar-refractivity contribution is -0.138. The Hall–Kier alpha value is -1.01. The molecular formula is C24H48O6Si3. The number of carbonyl (C=O) groups excluding carboxylic acids is 2. The Bertz CT molecular complexity index is 663. The van der Waals surface area contributed by atoms with Gasteiger partial charge in [-0.1, -0.05) is 39.2 Å². The van der Waals surface area contributed by atoms with Crippen molar-refractivity contribution in [3.63, 3.8) is 0 Å². The van der Waals surface area contributed by atoms with Crippen LogP contribution in [0.1, 0.15) is 40.0 Å². The third-order valence-electron chi connectivity index (χ3n) is 6.76. The second-order valence-corrected chi connectivity index (χ2v) is 24.4. The Kier molecular flexibility index (Phi) is 13.3. The fraction of sp³-hybridized carbons (Fsp3) is 0.750. The van der Waals surface area contributed by atoms with Crippen LogP contribution in [0.5, 0.6) is 0 Å². The van der Waals surface area contributed by atoms with Crippen LogP contribution in [0.25, 0.3) is 0 Å². The Morgan fingerprint density at radius 1 is 0.909 bits per heavy atom. The fourth-order valence-electron chi connectivity index (χ4n) is 3.77. The Morgan fingerprint density at radius 3 is 1.79 bits per heavy atom. The van der Waals surface area contributed by atoms with E-state index in [0.29, 0.717) is 13.2 Å². The standard InChI is InChI=1S/C24H48O6Si3/c1-12-22(25)27-17-15-19-31(6,7)24(5,14-3)30-33(10,11)21(4)29-32(8,9)20-16-18-28-23(26)13-2/h12-13,21H,1-2,14-20H2,3-11H3/t21-,24?/m0/s1. The summed E-state index contributed by atoms with van der Waals surface area (Å²) < 4.78 is 23.9. The molecule has 0 saturated heterocycles. The summed E-state index contributed by atoms with van der Waals surface area (Å²) in [6, 6.07) is 1.94. The van der Waals surface area contributed by atoms with Gasteiger partial charge in [-0.3, -0.25) is 0 Å². The minimum atomic E-state index is -2.18. The highest BCUT2D eigenvalue weighted by atomic mass is 28.4. The van der Waals surface area contributed by atoms with Crippen molar-refractivity contribution in [3.8, 4) is 0 Å². The minimum absolute atomic E-state index is 0.0547. The van der Waals surface area contributed by atoms with E-state index < -0.39 is 24.7 Å². The summed E-state index contributed by atoms with van der Waals surface area (Å²) in [5, 5.41) is -0.187. The molecule has 1 unspecified atom stereocenters. The molecule has 0 bridgehead atoms. The van der Waals surface area contributed by atoms with Gasteiger partial charge in [0.15, 0.2) is 8.32 Å². The number of ether oxygens (including phenoxy) is 2. The zero-order valence-corrected chi connectivity index (χ0v) is 25.5. The molecule has 9 heteroatoms. The number of hydrogen-bond acceptors (Lipinski definition) is 6. The van der Waals surface area contributed by atoms with Gasteiger partial charge in [0, 0.05) is 17.4 Å². The van der Waals surface area contributed by atoms with Crippen molar-refractivity contribution in [1.29, 1.82) is 0 Å². The molecule has 0 amide bonds. The second-order valence-electron chi connectivity index (χ2n) is 10.6. The van der Waals surface area contributed by atoms with E-state index in [1.54, 1.807) is 0 Å².